The fourth-order valence-corrected chi connectivity index (χ4v) is 2.19. The van der Waals surface area contributed by atoms with Gasteiger partial charge in [-0.25, -0.2) is 0 Å². The molecule has 3 heteroatoms. The van der Waals surface area contributed by atoms with E-state index < -0.39 is 0 Å². The zero-order chi connectivity index (χ0) is 11.3. The van der Waals surface area contributed by atoms with E-state index in [1.54, 1.807) is 0 Å². The standard InChI is InChI=1S/C12H24N2O/c1-4-6-14-8-11(5-7-15)13-9-12(2,3)10-14/h4,11,13,15H,1,5-10H2,2-3H3. The van der Waals surface area contributed by atoms with Gasteiger partial charge in [-0.1, -0.05) is 19.9 Å². The average Bonchev–Trinajstić information content (AvgIpc) is 2.26. The molecule has 1 fully saturated rings. The molecule has 0 radical (unpaired) electrons. The molecule has 2 N–H and O–H groups in total. The fraction of sp³-hybridized carbons (Fsp3) is 0.833. The van der Waals surface area contributed by atoms with E-state index in [0.717, 1.165) is 32.6 Å². The Hall–Kier alpha value is -0.380. The highest BCUT2D eigenvalue weighted by atomic mass is 16.3. The quantitative estimate of drug-likeness (QED) is 0.678. The maximum atomic E-state index is 8.98. The second-order valence-corrected chi connectivity index (χ2v) is 5.24. The van der Waals surface area contributed by atoms with Crippen LogP contribution in [0.3, 0.4) is 0 Å². The molecule has 0 bridgehead atoms. The van der Waals surface area contributed by atoms with Crippen molar-refractivity contribution in [3.8, 4) is 0 Å². The van der Waals surface area contributed by atoms with Crippen LogP contribution in [0.2, 0.25) is 0 Å². The molecule has 0 saturated carbocycles. The van der Waals surface area contributed by atoms with Gasteiger partial charge in [0.05, 0.1) is 0 Å². The van der Waals surface area contributed by atoms with Crippen LogP contribution < -0.4 is 5.32 Å². The van der Waals surface area contributed by atoms with E-state index in [-0.39, 0.29) is 6.61 Å². The molecule has 88 valence electrons. The Labute approximate surface area is 93.2 Å². The summed E-state index contributed by atoms with van der Waals surface area (Å²) < 4.78 is 0. The number of hydrogen-bond donors (Lipinski definition) is 2. The highest BCUT2D eigenvalue weighted by Gasteiger charge is 2.27. The van der Waals surface area contributed by atoms with Crippen LogP contribution >= 0.6 is 0 Å². The minimum absolute atomic E-state index is 0.264. The van der Waals surface area contributed by atoms with Crippen molar-refractivity contribution < 1.29 is 5.11 Å². The molecule has 0 amide bonds. The van der Waals surface area contributed by atoms with Crippen LogP contribution in [0.4, 0.5) is 0 Å². The lowest BCUT2D eigenvalue weighted by molar-refractivity contribution is 0.211. The summed E-state index contributed by atoms with van der Waals surface area (Å²) in [6.45, 7) is 12.7. The van der Waals surface area contributed by atoms with E-state index in [0.29, 0.717) is 11.5 Å². The summed E-state index contributed by atoms with van der Waals surface area (Å²) in [4.78, 5) is 2.41. The molecule has 3 nitrogen and oxygen atoms in total. The second kappa shape index (κ2) is 5.64. The zero-order valence-corrected chi connectivity index (χ0v) is 10.00. The molecule has 1 rings (SSSR count). The van der Waals surface area contributed by atoms with Crippen molar-refractivity contribution in [1.82, 2.24) is 10.2 Å². The van der Waals surface area contributed by atoms with Crippen LogP contribution in [0.25, 0.3) is 0 Å². The summed E-state index contributed by atoms with van der Waals surface area (Å²) in [5.41, 5.74) is 0.299. The Morgan fingerprint density at radius 1 is 1.60 bits per heavy atom. The molecular formula is C12H24N2O. The lowest BCUT2D eigenvalue weighted by Gasteiger charge is -2.28. The van der Waals surface area contributed by atoms with Crippen LogP contribution in [0.5, 0.6) is 0 Å². The third-order valence-corrected chi connectivity index (χ3v) is 2.86. The van der Waals surface area contributed by atoms with E-state index in [1.165, 1.54) is 0 Å². The smallest absolute Gasteiger partial charge is 0.0446 e. The van der Waals surface area contributed by atoms with Crippen LogP contribution in [0.15, 0.2) is 12.7 Å². The fourth-order valence-electron chi connectivity index (χ4n) is 2.19. The molecule has 1 unspecified atom stereocenters. The van der Waals surface area contributed by atoms with E-state index >= 15 is 0 Å². The summed E-state index contributed by atoms with van der Waals surface area (Å²) in [6, 6.07) is 0.414. The molecule has 1 aliphatic heterocycles. The third kappa shape index (κ3) is 4.33. The molecule has 1 aliphatic rings. The summed E-state index contributed by atoms with van der Waals surface area (Å²) in [6.07, 6.45) is 2.79. The normalized spacial score (nSPS) is 27.3. The lowest BCUT2D eigenvalue weighted by Crippen LogP contribution is -2.38. The van der Waals surface area contributed by atoms with Crippen molar-refractivity contribution in [3.63, 3.8) is 0 Å². The minimum atomic E-state index is 0.264. The van der Waals surface area contributed by atoms with Crippen molar-refractivity contribution in [2.75, 3.05) is 32.8 Å². The van der Waals surface area contributed by atoms with Crippen LogP contribution in [0, 0.1) is 5.41 Å². The Bertz CT molecular complexity index is 204. The van der Waals surface area contributed by atoms with Crippen molar-refractivity contribution in [2.45, 2.75) is 26.3 Å². The maximum absolute atomic E-state index is 8.98. The monoisotopic (exact) mass is 212 g/mol. The maximum Gasteiger partial charge on any atom is 0.0446 e. The van der Waals surface area contributed by atoms with Gasteiger partial charge in [-0.15, -0.1) is 6.58 Å². The van der Waals surface area contributed by atoms with E-state index in [1.807, 2.05) is 6.08 Å². The van der Waals surface area contributed by atoms with Gasteiger partial charge >= 0.3 is 0 Å². The topological polar surface area (TPSA) is 35.5 Å². The highest BCUT2D eigenvalue weighted by Crippen LogP contribution is 2.19. The van der Waals surface area contributed by atoms with E-state index in [9.17, 15) is 0 Å². The minimum Gasteiger partial charge on any atom is -0.396 e. The second-order valence-electron chi connectivity index (χ2n) is 5.24. The molecule has 0 spiro atoms. The van der Waals surface area contributed by atoms with Gasteiger partial charge in [-0.3, -0.25) is 4.90 Å². The zero-order valence-electron chi connectivity index (χ0n) is 10.00. The highest BCUT2D eigenvalue weighted by molar-refractivity contribution is 4.88. The molecular weight excluding hydrogens is 188 g/mol. The molecule has 1 atom stereocenters. The predicted octanol–water partition coefficient (Wildman–Crippen LogP) is 0.855. The first kappa shape index (κ1) is 12.7. The number of hydrogen-bond acceptors (Lipinski definition) is 3. The summed E-state index contributed by atoms with van der Waals surface area (Å²) in [7, 11) is 0. The predicted molar refractivity (Wildman–Crippen MR) is 63.9 cm³/mol. The van der Waals surface area contributed by atoms with E-state index in [2.05, 4.69) is 30.6 Å². The number of aliphatic hydroxyl groups excluding tert-OH is 1. The number of rotatable bonds is 4. The first-order valence-corrected chi connectivity index (χ1v) is 5.75. The number of aliphatic hydroxyl groups is 1. The van der Waals surface area contributed by atoms with Gasteiger partial charge in [0.25, 0.3) is 0 Å². The molecule has 0 aliphatic carbocycles. The largest absolute Gasteiger partial charge is 0.396 e. The Morgan fingerprint density at radius 2 is 2.33 bits per heavy atom. The van der Waals surface area contributed by atoms with Gasteiger partial charge in [0.1, 0.15) is 0 Å². The Morgan fingerprint density at radius 3 is 2.93 bits per heavy atom. The Kier molecular flexibility index (Phi) is 4.77. The molecule has 0 aromatic carbocycles. The molecule has 1 heterocycles. The Balaban J connectivity index is 2.57. The van der Waals surface area contributed by atoms with Crippen molar-refractivity contribution >= 4 is 0 Å². The number of nitrogens with one attached hydrogen (secondary N) is 1. The van der Waals surface area contributed by atoms with Crippen LogP contribution in [-0.4, -0.2) is 48.8 Å². The molecule has 1 saturated heterocycles. The van der Waals surface area contributed by atoms with Crippen LogP contribution in [-0.2, 0) is 0 Å². The SMILES string of the molecule is C=CCN1CC(CCO)NCC(C)(C)C1. The average molecular weight is 212 g/mol. The van der Waals surface area contributed by atoms with Gasteiger partial charge in [0.2, 0.25) is 0 Å². The van der Waals surface area contributed by atoms with E-state index in [4.69, 9.17) is 5.11 Å². The molecule has 15 heavy (non-hydrogen) atoms. The molecule has 0 aromatic heterocycles. The van der Waals surface area contributed by atoms with Crippen LogP contribution in [0.1, 0.15) is 20.3 Å². The molecule has 0 aromatic rings. The van der Waals surface area contributed by atoms with Crippen molar-refractivity contribution in [2.24, 2.45) is 5.41 Å². The summed E-state index contributed by atoms with van der Waals surface area (Å²) in [5.74, 6) is 0. The van der Waals surface area contributed by atoms with Gasteiger partial charge in [0.15, 0.2) is 0 Å². The van der Waals surface area contributed by atoms with Gasteiger partial charge in [-0.2, -0.15) is 0 Å². The third-order valence-electron chi connectivity index (χ3n) is 2.86. The van der Waals surface area contributed by atoms with Gasteiger partial charge in [-0.05, 0) is 11.8 Å². The first-order chi connectivity index (χ1) is 7.07. The summed E-state index contributed by atoms with van der Waals surface area (Å²) >= 11 is 0. The number of nitrogens with zero attached hydrogens (tertiary/aromatic N) is 1. The van der Waals surface area contributed by atoms with Crippen molar-refractivity contribution in [3.05, 3.63) is 12.7 Å². The first-order valence-electron chi connectivity index (χ1n) is 5.75. The van der Waals surface area contributed by atoms with Gasteiger partial charge < -0.3 is 10.4 Å². The lowest BCUT2D eigenvalue weighted by atomic mass is 9.93. The summed E-state index contributed by atoms with van der Waals surface area (Å²) in [5, 5.41) is 12.5. The van der Waals surface area contributed by atoms with Crippen molar-refractivity contribution in [1.29, 1.82) is 0 Å². The van der Waals surface area contributed by atoms with Gasteiger partial charge in [0, 0.05) is 38.8 Å².